The van der Waals surface area contributed by atoms with Gasteiger partial charge in [-0.15, -0.1) is 0 Å². The summed E-state index contributed by atoms with van der Waals surface area (Å²) in [7, 11) is 0. The van der Waals surface area contributed by atoms with Crippen molar-refractivity contribution >= 4 is 5.95 Å². The van der Waals surface area contributed by atoms with Crippen LogP contribution in [0.25, 0.3) is 11.3 Å². The lowest BCUT2D eigenvalue weighted by Crippen LogP contribution is -2.18. The molecule has 2 aromatic rings. The molecule has 0 radical (unpaired) electrons. The van der Waals surface area contributed by atoms with Crippen molar-refractivity contribution in [2.45, 2.75) is 12.8 Å². The summed E-state index contributed by atoms with van der Waals surface area (Å²) in [5, 5.41) is 8.88. The van der Waals surface area contributed by atoms with E-state index >= 15 is 0 Å². The number of nitrogens with one attached hydrogen (secondary N) is 1. The fourth-order valence-corrected chi connectivity index (χ4v) is 1.84. The van der Waals surface area contributed by atoms with Gasteiger partial charge in [-0.05, 0) is 12.8 Å². The second-order valence-electron chi connectivity index (χ2n) is 3.97. The Hall–Kier alpha value is -2.14. The molecule has 0 atom stereocenters. The van der Waals surface area contributed by atoms with Gasteiger partial charge < -0.3 is 10.8 Å². The zero-order valence-corrected chi connectivity index (χ0v) is 9.89. The van der Waals surface area contributed by atoms with Crippen LogP contribution in [0.15, 0.2) is 35.1 Å². The zero-order chi connectivity index (χ0) is 13.0. The topological polar surface area (TPSA) is 92.0 Å². The Bertz CT molecular complexity index is 579. The van der Waals surface area contributed by atoms with Gasteiger partial charge in [-0.1, -0.05) is 30.3 Å². The maximum absolute atomic E-state index is 11.9. The minimum Gasteiger partial charge on any atom is -0.396 e. The van der Waals surface area contributed by atoms with Gasteiger partial charge in [0.05, 0.1) is 5.69 Å². The highest BCUT2D eigenvalue weighted by molar-refractivity contribution is 5.63. The van der Waals surface area contributed by atoms with E-state index in [1.54, 1.807) is 0 Å². The number of benzene rings is 1. The van der Waals surface area contributed by atoms with E-state index in [1.807, 2.05) is 30.3 Å². The fraction of sp³-hybridized carbons (Fsp3) is 0.231. The van der Waals surface area contributed by atoms with Gasteiger partial charge in [0.1, 0.15) is 0 Å². The van der Waals surface area contributed by atoms with Gasteiger partial charge in [-0.2, -0.15) is 0 Å². The molecule has 0 fully saturated rings. The standard InChI is InChI=1S/C13H15N3O2/c14-13-15-11(9-5-2-1-3-6-9)10(7-4-8-17)12(18)16-13/h1-3,5-6,17H,4,7-8H2,(H3,14,15,16,18). The lowest BCUT2D eigenvalue weighted by molar-refractivity contribution is 0.288. The number of hydrogen-bond donors (Lipinski definition) is 3. The van der Waals surface area contributed by atoms with Crippen LogP contribution < -0.4 is 11.3 Å². The van der Waals surface area contributed by atoms with Crippen molar-refractivity contribution in [3.63, 3.8) is 0 Å². The molecule has 5 nitrogen and oxygen atoms in total. The summed E-state index contributed by atoms with van der Waals surface area (Å²) in [6.45, 7) is 0.0397. The number of anilines is 1. The molecule has 4 N–H and O–H groups in total. The molecular formula is C13H15N3O2. The predicted molar refractivity (Wildman–Crippen MR) is 70.1 cm³/mol. The fourth-order valence-electron chi connectivity index (χ4n) is 1.84. The summed E-state index contributed by atoms with van der Waals surface area (Å²) in [4.78, 5) is 18.6. The Balaban J connectivity index is 2.54. The molecule has 0 unspecified atom stereocenters. The van der Waals surface area contributed by atoms with Gasteiger partial charge in [-0.3, -0.25) is 9.78 Å². The third-order valence-electron chi connectivity index (χ3n) is 2.67. The molecule has 94 valence electrons. The van der Waals surface area contributed by atoms with Gasteiger partial charge >= 0.3 is 0 Å². The lowest BCUT2D eigenvalue weighted by Gasteiger charge is -2.08. The quantitative estimate of drug-likeness (QED) is 0.747. The number of aromatic nitrogens is 2. The maximum atomic E-state index is 11.9. The van der Waals surface area contributed by atoms with Crippen molar-refractivity contribution in [2.75, 3.05) is 12.3 Å². The first-order valence-electron chi connectivity index (χ1n) is 5.77. The smallest absolute Gasteiger partial charge is 0.256 e. The molecule has 18 heavy (non-hydrogen) atoms. The van der Waals surface area contributed by atoms with Crippen LogP contribution in [-0.2, 0) is 6.42 Å². The number of nitrogens with zero attached hydrogens (tertiary/aromatic N) is 1. The first-order valence-corrected chi connectivity index (χ1v) is 5.77. The molecule has 0 bridgehead atoms. The summed E-state index contributed by atoms with van der Waals surface area (Å²) < 4.78 is 0. The number of aliphatic hydroxyl groups excluding tert-OH is 1. The molecule has 0 saturated carbocycles. The summed E-state index contributed by atoms with van der Waals surface area (Å²) >= 11 is 0. The van der Waals surface area contributed by atoms with Gasteiger partial charge in [0, 0.05) is 17.7 Å². The summed E-state index contributed by atoms with van der Waals surface area (Å²) in [6, 6.07) is 9.41. The highest BCUT2D eigenvalue weighted by atomic mass is 16.2. The second kappa shape index (κ2) is 5.46. The molecule has 0 saturated heterocycles. The SMILES string of the molecule is Nc1nc(-c2ccccc2)c(CCCO)c(=O)[nH]1. The Morgan fingerprint density at radius 3 is 2.67 bits per heavy atom. The van der Waals surface area contributed by atoms with Crippen LogP contribution in [-0.4, -0.2) is 21.7 Å². The molecule has 1 heterocycles. The average molecular weight is 245 g/mol. The van der Waals surface area contributed by atoms with E-state index in [2.05, 4.69) is 9.97 Å². The van der Waals surface area contributed by atoms with Crippen molar-refractivity contribution in [2.24, 2.45) is 0 Å². The van der Waals surface area contributed by atoms with Gasteiger partial charge in [-0.25, -0.2) is 4.98 Å². The minimum absolute atomic E-state index is 0.0397. The van der Waals surface area contributed by atoms with Crippen LogP contribution >= 0.6 is 0 Å². The van der Waals surface area contributed by atoms with Crippen LogP contribution in [0.2, 0.25) is 0 Å². The number of rotatable bonds is 4. The normalized spacial score (nSPS) is 10.5. The zero-order valence-electron chi connectivity index (χ0n) is 9.89. The Labute approximate surface area is 104 Å². The molecule has 0 aliphatic rings. The van der Waals surface area contributed by atoms with Crippen LogP contribution in [0.5, 0.6) is 0 Å². The monoisotopic (exact) mass is 245 g/mol. The van der Waals surface area contributed by atoms with E-state index in [0.29, 0.717) is 24.1 Å². The van der Waals surface area contributed by atoms with Crippen LogP contribution in [0.1, 0.15) is 12.0 Å². The number of aliphatic hydroxyl groups is 1. The number of hydrogen-bond acceptors (Lipinski definition) is 4. The van der Waals surface area contributed by atoms with E-state index in [9.17, 15) is 4.79 Å². The summed E-state index contributed by atoms with van der Waals surface area (Å²) in [6.07, 6.45) is 0.998. The number of aromatic amines is 1. The molecule has 2 rings (SSSR count). The van der Waals surface area contributed by atoms with E-state index < -0.39 is 0 Å². The summed E-state index contributed by atoms with van der Waals surface area (Å²) in [5.41, 5.74) is 7.34. The Morgan fingerprint density at radius 2 is 2.00 bits per heavy atom. The molecule has 1 aromatic heterocycles. The van der Waals surface area contributed by atoms with Gasteiger partial charge in [0.25, 0.3) is 5.56 Å². The first kappa shape index (κ1) is 12.3. The van der Waals surface area contributed by atoms with Crippen molar-refractivity contribution in [3.8, 4) is 11.3 Å². The van der Waals surface area contributed by atoms with E-state index in [4.69, 9.17) is 10.8 Å². The molecule has 5 heteroatoms. The van der Waals surface area contributed by atoms with Crippen LogP contribution in [0.4, 0.5) is 5.95 Å². The van der Waals surface area contributed by atoms with Gasteiger partial charge in [0.2, 0.25) is 5.95 Å². The van der Waals surface area contributed by atoms with Crippen molar-refractivity contribution in [3.05, 3.63) is 46.2 Å². The van der Waals surface area contributed by atoms with Crippen LogP contribution in [0, 0.1) is 0 Å². The maximum Gasteiger partial charge on any atom is 0.256 e. The average Bonchev–Trinajstić information content (AvgIpc) is 2.38. The lowest BCUT2D eigenvalue weighted by atomic mass is 10.0. The minimum atomic E-state index is -0.241. The van der Waals surface area contributed by atoms with Gasteiger partial charge in [0.15, 0.2) is 0 Å². The second-order valence-corrected chi connectivity index (χ2v) is 3.97. The van der Waals surface area contributed by atoms with E-state index in [0.717, 1.165) is 5.56 Å². The summed E-state index contributed by atoms with van der Waals surface area (Å²) in [5.74, 6) is 0.103. The van der Waals surface area contributed by atoms with Crippen LogP contribution in [0.3, 0.4) is 0 Å². The Morgan fingerprint density at radius 1 is 1.28 bits per heavy atom. The van der Waals surface area contributed by atoms with E-state index in [1.165, 1.54) is 0 Å². The molecule has 1 aromatic carbocycles. The highest BCUT2D eigenvalue weighted by Gasteiger charge is 2.11. The third-order valence-corrected chi connectivity index (χ3v) is 2.67. The molecule has 0 aliphatic heterocycles. The number of nitrogen functional groups attached to an aromatic ring is 1. The number of H-pyrrole nitrogens is 1. The third kappa shape index (κ3) is 2.57. The largest absolute Gasteiger partial charge is 0.396 e. The van der Waals surface area contributed by atoms with Crippen molar-refractivity contribution < 1.29 is 5.11 Å². The van der Waals surface area contributed by atoms with Crippen molar-refractivity contribution in [1.29, 1.82) is 0 Å². The first-order chi connectivity index (χ1) is 8.72. The van der Waals surface area contributed by atoms with E-state index in [-0.39, 0.29) is 18.1 Å². The molecule has 0 aliphatic carbocycles. The Kier molecular flexibility index (Phi) is 3.74. The number of nitrogens with two attached hydrogens (primary N) is 1. The molecular weight excluding hydrogens is 230 g/mol. The van der Waals surface area contributed by atoms with Crippen molar-refractivity contribution in [1.82, 2.24) is 9.97 Å². The molecule has 0 amide bonds. The molecule has 0 spiro atoms. The predicted octanol–water partition coefficient (Wildman–Crippen LogP) is 0.944. The highest BCUT2D eigenvalue weighted by Crippen LogP contribution is 2.20.